The Morgan fingerprint density at radius 3 is 1.72 bits per heavy atom. The summed E-state index contributed by atoms with van der Waals surface area (Å²) in [6.07, 6.45) is -13.2. The first-order valence-corrected chi connectivity index (χ1v) is 20.2. The van der Waals surface area contributed by atoms with Gasteiger partial charge in [-0.05, 0) is 43.3 Å². The van der Waals surface area contributed by atoms with Gasteiger partial charge in [-0.1, -0.05) is 0 Å². The van der Waals surface area contributed by atoms with Crippen molar-refractivity contribution < 1.29 is 133 Å². The molecule has 0 unspecified atom stereocenters. The molecule has 0 amide bonds. The van der Waals surface area contributed by atoms with E-state index in [1.165, 1.54) is 0 Å². The van der Waals surface area contributed by atoms with Gasteiger partial charge in [-0.25, -0.2) is 24.0 Å². The fourth-order valence-electron chi connectivity index (χ4n) is 8.90. The smallest absolute Gasteiger partial charge is 0.340 e. The molecule has 1 saturated heterocycles. The van der Waals surface area contributed by atoms with Gasteiger partial charge in [0.1, 0.15) is 18.5 Å². The van der Waals surface area contributed by atoms with Crippen molar-refractivity contribution in [3.8, 4) is 80.1 Å². The minimum absolute atomic E-state index is 0.363. The maximum absolute atomic E-state index is 14.8. The highest BCUT2D eigenvalue weighted by Gasteiger charge is 2.71. The summed E-state index contributed by atoms with van der Waals surface area (Å²) in [5.74, 6) is -32.4. The average Bonchev–Trinajstić information content (AvgIpc) is 3.63. The predicted molar refractivity (Wildman–Crippen MR) is 217 cm³/mol. The molecule has 0 spiro atoms. The van der Waals surface area contributed by atoms with Crippen LogP contribution in [0.25, 0.3) is 11.1 Å². The SMILES string of the molecule is CC(=O)C[C@]1(O)C(=O)C=C2C(=O)O[C@@H]3[C@@H]4OC(=O)c5cc(O)c(O)c(O)c5-c5c(cc(O)c(O)c5O)C(=O)OC[C@@H]3O[C@H](OC(=O)c3cc(O)c(O)c(O)c3)[C@H]4OC(=O)c3cc(O)c(O)c4c3[C@H]2[C@@]1(O)O4. The number of benzene rings is 4. The second kappa shape index (κ2) is 15.9. The Bertz CT molecular complexity index is 3150. The van der Waals surface area contributed by atoms with E-state index in [9.17, 15) is 99.9 Å². The number of ether oxygens (including phenoxy) is 7. The van der Waals surface area contributed by atoms with E-state index in [-0.39, 0.29) is 0 Å². The first-order valence-electron chi connectivity index (χ1n) is 20.2. The topological polar surface area (TPSA) is 447 Å². The van der Waals surface area contributed by atoms with Gasteiger partial charge in [0, 0.05) is 23.1 Å². The van der Waals surface area contributed by atoms with E-state index >= 15 is 0 Å². The van der Waals surface area contributed by atoms with Gasteiger partial charge < -0.3 is 99.5 Å². The molecular formula is C44H32O27. The lowest BCUT2D eigenvalue weighted by atomic mass is 9.67. The molecule has 9 rings (SSSR count). The van der Waals surface area contributed by atoms with Crippen LogP contribution in [0, 0.1) is 0 Å². The number of cyclic esters (lactones) is 1. The molecule has 4 bridgehead atoms. The number of fused-ring (bicyclic) bond motifs is 3. The number of phenolic OH excluding ortho intramolecular Hbond substituents is 11. The monoisotopic (exact) mass is 992 g/mol. The molecule has 0 aromatic heterocycles. The molecule has 71 heavy (non-hydrogen) atoms. The summed E-state index contributed by atoms with van der Waals surface area (Å²) >= 11 is 0. The Labute approximate surface area is 391 Å². The van der Waals surface area contributed by atoms with Crippen molar-refractivity contribution in [3.63, 3.8) is 0 Å². The van der Waals surface area contributed by atoms with Crippen molar-refractivity contribution in [1.29, 1.82) is 0 Å². The van der Waals surface area contributed by atoms with Crippen molar-refractivity contribution >= 4 is 41.4 Å². The largest absolute Gasteiger partial charge is 0.504 e. The number of carbonyl (C=O) groups is 7. The van der Waals surface area contributed by atoms with Gasteiger partial charge in [-0.2, -0.15) is 0 Å². The molecule has 13 N–H and O–H groups in total. The van der Waals surface area contributed by atoms with E-state index in [2.05, 4.69) is 0 Å². The zero-order valence-corrected chi connectivity index (χ0v) is 35.4. The molecule has 0 saturated carbocycles. The zero-order valence-electron chi connectivity index (χ0n) is 35.4. The van der Waals surface area contributed by atoms with Crippen LogP contribution in [0.5, 0.6) is 69.0 Å². The van der Waals surface area contributed by atoms with Crippen LogP contribution in [0.1, 0.15) is 66.3 Å². The third-order valence-corrected chi connectivity index (χ3v) is 12.2. The second-order valence-electron chi connectivity index (χ2n) is 16.5. The molecule has 4 aromatic carbocycles. The highest BCUT2D eigenvalue weighted by atomic mass is 16.7. The summed E-state index contributed by atoms with van der Waals surface area (Å²) in [4.78, 5) is 98.4. The Morgan fingerprint density at radius 1 is 0.620 bits per heavy atom. The van der Waals surface area contributed by atoms with Crippen LogP contribution in [0.3, 0.4) is 0 Å². The van der Waals surface area contributed by atoms with E-state index in [1.54, 1.807) is 0 Å². The summed E-state index contributed by atoms with van der Waals surface area (Å²) < 4.78 is 39.7. The fraction of sp³-hybridized carbons (Fsp3) is 0.250. The lowest BCUT2D eigenvalue weighted by Crippen LogP contribution is -2.67. The summed E-state index contributed by atoms with van der Waals surface area (Å²) in [6.45, 7) is -0.420. The number of aliphatic hydroxyl groups is 2. The second-order valence-corrected chi connectivity index (χ2v) is 16.5. The lowest BCUT2D eigenvalue weighted by molar-refractivity contribution is -0.286. The highest BCUT2D eigenvalue weighted by Crippen LogP contribution is 2.61. The predicted octanol–water partition coefficient (Wildman–Crippen LogP) is -0.0722. The van der Waals surface area contributed by atoms with E-state index in [0.717, 1.165) is 6.92 Å². The first-order chi connectivity index (χ1) is 33.3. The quantitative estimate of drug-likeness (QED) is 0.0723. The molecule has 5 aliphatic rings. The molecule has 4 aliphatic heterocycles. The molecule has 1 fully saturated rings. The van der Waals surface area contributed by atoms with Gasteiger partial charge in [-0.3, -0.25) is 9.59 Å². The van der Waals surface area contributed by atoms with Crippen LogP contribution < -0.4 is 4.74 Å². The van der Waals surface area contributed by atoms with Crippen molar-refractivity contribution in [2.45, 2.75) is 61.4 Å². The molecule has 1 aliphatic carbocycles. The number of hydrogen-bond acceptors (Lipinski definition) is 27. The van der Waals surface area contributed by atoms with Crippen LogP contribution in [-0.4, -0.2) is 156 Å². The molecule has 4 aromatic rings. The van der Waals surface area contributed by atoms with Crippen LogP contribution in [0.2, 0.25) is 0 Å². The Hall–Kier alpha value is -9.21. The minimum atomic E-state index is -3.55. The van der Waals surface area contributed by atoms with E-state index in [4.69, 9.17) is 33.2 Å². The average molecular weight is 993 g/mol. The van der Waals surface area contributed by atoms with Crippen LogP contribution >= 0.6 is 0 Å². The molecule has 27 nitrogen and oxygen atoms in total. The van der Waals surface area contributed by atoms with Gasteiger partial charge in [0.15, 0.2) is 75.3 Å². The Balaban J connectivity index is 1.30. The molecule has 27 heteroatoms. The number of phenols is 11. The molecule has 0 radical (unpaired) electrons. The summed E-state index contributed by atoms with van der Waals surface area (Å²) in [7, 11) is 0. The summed E-state index contributed by atoms with van der Waals surface area (Å²) in [5, 5.41) is 141. The van der Waals surface area contributed by atoms with E-state index < -0.39 is 216 Å². The van der Waals surface area contributed by atoms with Gasteiger partial charge >= 0.3 is 29.8 Å². The van der Waals surface area contributed by atoms with Crippen molar-refractivity contribution in [1.82, 2.24) is 0 Å². The van der Waals surface area contributed by atoms with Crippen LogP contribution in [0.4, 0.5) is 0 Å². The standard InChI is InChI=1S/C44H32O27/c1-10(45)8-43(63)22(51)7-15-26-25-14(6-20(50)30(55)34(25)71-44(26,43)64)40(61)69-36-35-33(67-41(15)62)21(66-42(36)70-37(58)11-2-16(46)27(52)17(47)3-11)9-65-38(59)12-4-18(48)28(53)31(56)23(12)24-13(39(60)68-35)5-19(49)29(54)32(24)57/h2-7,21,26,33,35-36,42,46-50,52-57,63-64H,8-9H2,1H3/t21-,26-,33-,35-,36-,42+,43-,44+/m0/s1. The highest BCUT2D eigenvalue weighted by molar-refractivity contribution is 6.11. The maximum atomic E-state index is 14.8. The summed E-state index contributed by atoms with van der Waals surface area (Å²) in [5.41, 5.74) is -11.4. The molecule has 4 heterocycles. The van der Waals surface area contributed by atoms with Crippen LogP contribution in [0.15, 0.2) is 42.0 Å². The number of hydrogen-bond donors (Lipinski definition) is 13. The van der Waals surface area contributed by atoms with Gasteiger partial charge in [0.25, 0.3) is 5.79 Å². The van der Waals surface area contributed by atoms with Crippen molar-refractivity contribution in [2.75, 3.05) is 6.61 Å². The fourth-order valence-corrected chi connectivity index (χ4v) is 8.90. The number of aromatic hydroxyl groups is 11. The Morgan fingerprint density at radius 2 is 1.13 bits per heavy atom. The number of carbonyl (C=O) groups excluding carboxylic acids is 7. The van der Waals surface area contributed by atoms with Gasteiger partial charge in [0.2, 0.25) is 29.6 Å². The number of Topliss-reactive ketones (excluding diaryl/α,β-unsaturated/α-hetero) is 1. The number of ketones is 2. The molecule has 370 valence electrons. The number of esters is 5. The van der Waals surface area contributed by atoms with Crippen LogP contribution in [-0.2, 0) is 42.8 Å². The minimum Gasteiger partial charge on any atom is -0.504 e. The summed E-state index contributed by atoms with van der Waals surface area (Å²) in [6, 6.07) is 2.42. The third kappa shape index (κ3) is 6.88. The first kappa shape index (κ1) is 46.9. The van der Waals surface area contributed by atoms with Crippen molar-refractivity contribution in [3.05, 3.63) is 69.8 Å². The molecular weight excluding hydrogens is 960 g/mol. The molecule has 8 atom stereocenters. The lowest BCUT2D eigenvalue weighted by Gasteiger charge is -2.45. The van der Waals surface area contributed by atoms with Gasteiger partial charge in [0.05, 0.1) is 33.7 Å². The Kier molecular flexibility index (Phi) is 10.5. The van der Waals surface area contributed by atoms with Gasteiger partial charge in [-0.15, -0.1) is 0 Å². The van der Waals surface area contributed by atoms with Crippen molar-refractivity contribution in [2.24, 2.45) is 0 Å². The third-order valence-electron chi connectivity index (χ3n) is 12.2. The normalized spacial score (nSPS) is 26.4. The van der Waals surface area contributed by atoms with E-state index in [1.807, 2.05) is 0 Å². The maximum Gasteiger partial charge on any atom is 0.340 e. The van der Waals surface area contributed by atoms with E-state index in [0.29, 0.717) is 36.4 Å². The number of rotatable bonds is 4. The zero-order chi connectivity index (χ0) is 51.7.